The van der Waals surface area contributed by atoms with Gasteiger partial charge < -0.3 is 24.5 Å². The van der Waals surface area contributed by atoms with Crippen LogP contribution in [-0.4, -0.2) is 84.2 Å². The molecule has 2 aliphatic heterocycles. The zero-order chi connectivity index (χ0) is 24.3. The molecule has 0 spiro atoms. The summed E-state index contributed by atoms with van der Waals surface area (Å²) < 4.78 is 6.31. The minimum absolute atomic E-state index is 0.0363. The van der Waals surface area contributed by atoms with Gasteiger partial charge in [-0.3, -0.25) is 14.4 Å². The molecule has 34 heavy (non-hydrogen) atoms. The van der Waals surface area contributed by atoms with E-state index in [0.717, 1.165) is 31.6 Å². The van der Waals surface area contributed by atoms with Crippen LogP contribution in [-0.2, 0) is 19.1 Å². The average Bonchev–Trinajstić information content (AvgIpc) is 2.85. The molecule has 1 saturated carbocycles. The van der Waals surface area contributed by atoms with Crippen molar-refractivity contribution in [2.75, 3.05) is 44.2 Å². The molecule has 1 aromatic carbocycles. The molecule has 2 amide bonds. The van der Waals surface area contributed by atoms with Crippen molar-refractivity contribution in [3.63, 3.8) is 0 Å². The first-order valence-electron chi connectivity index (χ1n) is 12.5. The van der Waals surface area contributed by atoms with E-state index in [1.54, 1.807) is 13.8 Å². The molecule has 8 nitrogen and oxygen atoms in total. The number of carboxylic acid groups (broad SMARTS) is 1. The summed E-state index contributed by atoms with van der Waals surface area (Å²) >= 11 is 0. The van der Waals surface area contributed by atoms with Crippen LogP contribution < -0.4 is 4.90 Å². The summed E-state index contributed by atoms with van der Waals surface area (Å²) in [5, 5.41) is 10.1. The fourth-order valence-corrected chi connectivity index (χ4v) is 5.76. The second kappa shape index (κ2) is 10.3. The number of carbonyl (C=O) groups excluding carboxylic acids is 2. The van der Waals surface area contributed by atoms with Crippen LogP contribution in [0.4, 0.5) is 5.69 Å². The summed E-state index contributed by atoms with van der Waals surface area (Å²) in [6.45, 7) is 7.36. The molecule has 0 radical (unpaired) electrons. The number of anilines is 1. The van der Waals surface area contributed by atoms with Gasteiger partial charge >= 0.3 is 5.97 Å². The van der Waals surface area contributed by atoms with E-state index in [9.17, 15) is 19.5 Å². The van der Waals surface area contributed by atoms with Gasteiger partial charge in [-0.15, -0.1) is 0 Å². The summed E-state index contributed by atoms with van der Waals surface area (Å²) in [6, 6.07) is 10.2. The van der Waals surface area contributed by atoms with Crippen LogP contribution in [0, 0.1) is 11.3 Å². The number of nitrogens with zero attached hydrogens (tertiary/aromatic N) is 3. The molecule has 2 heterocycles. The Balaban J connectivity index is 1.34. The number of hydrogen-bond acceptors (Lipinski definition) is 5. The third-order valence-electron chi connectivity index (χ3n) is 7.97. The quantitative estimate of drug-likeness (QED) is 0.710. The molecule has 0 bridgehead atoms. The van der Waals surface area contributed by atoms with Crippen molar-refractivity contribution >= 4 is 23.5 Å². The lowest BCUT2D eigenvalue weighted by molar-refractivity contribution is -0.169. The number of piperidine rings is 1. The smallest absolute Gasteiger partial charge is 0.310 e. The van der Waals surface area contributed by atoms with Crippen LogP contribution in [0.1, 0.15) is 46.0 Å². The minimum atomic E-state index is -1.14. The first-order valence-corrected chi connectivity index (χ1v) is 12.5. The third kappa shape index (κ3) is 5.22. The Morgan fingerprint density at radius 1 is 0.882 bits per heavy atom. The zero-order valence-electron chi connectivity index (χ0n) is 20.3. The van der Waals surface area contributed by atoms with Gasteiger partial charge in [-0.25, -0.2) is 0 Å². The number of carboxylic acids is 1. The van der Waals surface area contributed by atoms with Gasteiger partial charge in [0, 0.05) is 51.9 Å². The third-order valence-corrected chi connectivity index (χ3v) is 7.97. The fourth-order valence-electron chi connectivity index (χ4n) is 5.76. The van der Waals surface area contributed by atoms with Crippen molar-refractivity contribution in [1.82, 2.24) is 9.80 Å². The predicted molar refractivity (Wildman–Crippen MR) is 128 cm³/mol. The number of piperazine rings is 1. The topological polar surface area (TPSA) is 90.4 Å². The highest BCUT2D eigenvalue weighted by molar-refractivity contribution is 5.87. The Bertz CT molecular complexity index is 878. The van der Waals surface area contributed by atoms with E-state index in [-0.39, 0.29) is 24.0 Å². The van der Waals surface area contributed by atoms with Gasteiger partial charge in [-0.1, -0.05) is 18.2 Å². The van der Waals surface area contributed by atoms with E-state index < -0.39 is 17.3 Å². The van der Waals surface area contributed by atoms with E-state index in [1.807, 2.05) is 28.0 Å². The van der Waals surface area contributed by atoms with E-state index in [4.69, 9.17) is 4.74 Å². The van der Waals surface area contributed by atoms with E-state index >= 15 is 0 Å². The van der Waals surface area contributed by atoms with Gasteiger partial charge in [-0.05, 0) is 51.2 Å². The standard InChI is InChI=1S/C26H37N3O5/c1-19(30)27-12-10-21(11-13-27)34-22-8-9-23(26(2,18-22)25(32)33)24(31)29-16-14-28(15-17-29)20-6-4-3-5-7-20/h3-7,21-23H,8-18H2,1-2H3,(H,32,33)/t22-,23-,26+/m1/s1. The maximum absolute atomic E-state index is 13.5. The van der Waals surface area contributed by atoms with Crippen LogP contribution in [0.25, 0.3) is 0 Å². The number of ether oxygens (including phenoxy) is 1. The van der Waals surface area contributed by atoms with Crippen molar-refractivity contribution in [1.29, 1.82) is 0 Å². The van der Waals surface area contributed by atoms with Crippen LogP contribution in [0.5, 0.6) is 0 Å². The maximum atomic E-state index is 13.5. The van der Waals surface area contributed by atoms with Gasteiger partial charge in [0.15, 0.2) is 0 Å². The Hall–Kier alpha value is -2.61. The molecule has 0 aromatic heterocycles. The van der Waals surface area contributed by atoms with Crippen LogP contribution in [0.2, 0.25) is 0 Å². The number of rotatable bonds is 5. The Labute approximate surface area is 201 Å². The van der Waals surface area contributed by atoms with Crippen LogP contribution >= 0.6 is 0 Å². The summed E-state index contributed by atoms with van der Waals surface area (Å²) in [6.07, 6.45) is 2.97. The van der Waals surface area contributed by atoms with Gasteiger partial charge in [0.25, 0.3) is 0 Å². The van der Waals surface area contributed by atoms with E-state index in [1.165, 1.54) is 0 Å². The lowest BCUT2D eigenvalue weighted by atomic mass is 9.65. The number of carbonyl (C=O) groups is 3. The molecule has 186 valence electrons. The number of benzene rings is 1. The second-order valence-corrected chi connectivity index (χ2v) is 10.2. The molecule has 4 rings (SSSR count). The Kier molecular flexibility index (Phi) is 7.45. The zero-order valence-corrected chi connectivity index (χ0v) is 20.3. The number of hydrogen-bond donors (Lipinski definition) is 1. The Morgan fingerprint density at radius 2 is 1.53 bits per heavy atom. The second-order valence-electron chi connectivity index (χ2n) is 10.2. The summed E-state index contributed by atoms with van der Waals surface area (Å²) in [7, 11) is 0. The SMILES string of the molecule is CC(=O)N1CCC(O[C@@H]2CC[C@H](C(=O)N3CCN(c4ccccc4)CC3)[C@@](C)(C(=O)O)C2)CC1. The number of likely N-dealkylation sites (tertiary alicyclic amines) is 1. The lowest BCUT2D eigenvalue weighted by Gasteiger charge is -2.45. The van der Waals surface area contributed by atoms with Gasteiger partial charge in [0.2, 0.25) is 11.8 Å². The van der Waals surface area contributed by atoms with Gasteiger partial charge in [-0.2, -0.15) is 0 Å². The molecule has 2 saturated heterocycles. The van der Waals surface area contributed by atoms with Crippen LogP contribution in [0.15, 0.2) is 30.3 Å². The average molecular weight is 472 g/mol. The van der Waals surface area contributed by atoms with E-state index in [2.05, 4.69) is 17.0 Å². The molecule has 1 aliphatic carbocycles. The first kappa shape index (κ1) is 24.5. The van der Waals surface area contributed by atoms with Crippen molar-refractivity contribution < 1.29 is 24.2 Å². The number of aliphatic carboxylic acids is 1. The van der Waals surface area contributed by atoms with Gasteiger partial charge in [0.05, 0.1) is 23.5 Å². The fraction of sp³-hybridized carbons (Fsp3) is 0.654. The lowest BCUT2D eigenvalue weighted by Crippen LogP contribution is -2.55. The monoisotopic (exact) mass is 471 g/mol. The Morgan fingerprint density at radius 3 is 2.12 bits per heavy atom. The number of amides is 2. The van der Waals surface area contributed by atoms with E-state index in [0.29, 0.717) is 45.4 Å². The molecule has 1 aromatic rings. The minimum Gasteiger partial charge on any atom is -0.481 e. The maximum Gasteiger partial charge on any atom is 0.310 e. The molecule has 1 N–H and O–H groups in total. The highest BCUT2D eigenvalue weighted by Gasteiger charge is 2.51. The molecule has 3 fully saturated rings. The molecule has 0 unspecified atom stereocenters. The van der Waals surface area contributed by atoms with Crippen molar-refractivity contribution in [3.8, 4) is 0 Å². The summed E-state index contributed by atoms with van der Waals surface area (Å²) in [5.74, 6) is -1.41. The molecule has 3 atom stereocenters. The summed E-state index contributed by atoms with van der Waals surface area (Å²) in [5.41, 5.74) is 0.00757. The highest BCUT2D eigenvalue weighted by Crippen LogP contribution is 2.44. The summed E-state index contributed by atoms with van der Waals surface area (Å²) in [4.78, 5) is 43.4. The van der Waals surface area contributed by atoms with Crippen molar-refractivity contribution in [2.45, 2.75) is 58.2 Å². The first-order chi connectivity index (χ1) is 16.3. The normalized spacial score (nSPS) is 28.6. The van der Waals surface area contributed by atoms with Gasteiger partial charge in [0.1, 0.15) is 0 Å². The van der Waals surface area contributed by atoms with Crippen LogP contribution in [0.3, 0.4) is 0 Å². The predicted octanol–water partition coefficient (Wildman–Crippen LogP) is 2.62. The molecular weight excluding hydrogens is 434 g/mol. The molecular formula is C26H37N3O5. The largest absolute Gasteiger partial charge is 0.481 e. The molecule has 3 aliphatic rings. The van der Waals surface area contributed by atoms with Crippen molar-refractivity contribution in [2.24, 2.45) is 11.3 Å². The molecule has 8 heteroatoms. The number of para-hydroxylation sites is 1. The van der Waals surface area contributed by atoms with Crippen molar-refractivity contribution in [3.05, 3.63) is 30.3 Å². The highest BCUT2D eigenvalue weighted by atomic mass is 16.5.